The van der Waals surface area contributed by atoms with Gasteiger partial charge in [-0.2, -0.15) is 0 Å². The van der Waals surface area contributed by atoms with E-state index in [4.69, 9.17) is 4.74 Å². The number of nitrogens with zero attached hydrogens (tertiary/aromatic N) is 6. The molecule has 1 fully saturated rings. The zero-order valence-electron chi connectivity index (χ0n) is 12.5. The molecule has 0 aromatic carbocycles. The van der Waals surface area contributed by atoms with E-state index in [0.717, 1.165) is 57.1 Å². The molecule has 0 unspecified atom stereocenters. The van der Waals surface area contributed by atoms with E-state index in [2.05, 4.69) is 32.0 Å². The fourth-order valence-electron chi connectivity index (χ4n) is 2.74. The second-order valence-electron chi connectivity index (χ2n) is 5.55. The SMILES string of the molecule is CCCc1nccn1Cc1nnnn1CC1CCOCC1. The summed E-state index contributed by atoms with van der Waals surface area (Å²) < 4.78 is 9.47. The van der Waals surface area contributed by atoms with Crippen molar-refractivity contribution in [2.45, 2.75) is 45.7 Å². The number of rotatable bonds is 6. The summed E-state index contributed by atoms with van der Waals surface area (Å²) in [7, 11) is 0. The molecule has 0 radical (unpaired) electrons. The summed E-state index contributed by atoms with van der Waals surface area (Å²) >= 11 is 0. The number of aromatic nitrogens is 6. The van der Waals surface area contributed by atoms with Crippen molar-refractivity contribution in [1.29, 1.82) is 0 Å². The second-order valence-corrected chi connectivity index (χ2v) is 5.55. The van der Waals surface area contributed by atoms with Crippen LogP contribution in [0, 0.1) is 5.92 Å². The minimum Gasteiger partial charge on any atom is -0.381 e. The Morgan fingerprint density at radius 1 is 1.29 bits per heavy atom. The van der Waals surface area contributed by atoms with Crippen molar-refractivity contribution in [2.24, 2.45) is 5.92 Å². The highest BCUT2D eigenvalue weighted by Crippen LogP contribution is 2.17. The smallest absolute Gasteiger partial charge is 0.171 e. The average Bonchev–Trinajstić information content (AvgIpc) is 3.12. The van der Waals surface area contributed by atoms with E-state index in [-0.39, 0.29) is 0 Å². The Bertz CT molecular complexity index is 557. The predicted octanol–water partition coefficient (Wildman–Crippen LogP) is 1.30. The van der Waals surface area contributed by atoms with Crippen molar-refractivity contribution in [3.05, 3.63) is 24.0 Å². The van der Waals surface area contributed by atoms with Crippen LogP contribution in [0.1, 0.15) is 37.8 Å². The van der Waals surface area contributed by atoms with Gasteiger partial charge >= 0.3 is 0 Å². The molecule has 7 heteroatoms. The standard InChI is InChI=1S/C14H22N6O/c1-2-3-13-15-6-7-19(13)11-14-16-17-18-20(14)10-12-4-8-21-9-5-12/h6-7,12H,2-5,8-11H2,1H3. The quantitative estimate of drug-likeness (QED) is 0.802. The van der Waals surface area contributed by atoms with E-state index in [9.17, 15) is 0 Å². The van der Waals surface area contributed by atoms with Crippen LogP contribution in [-0.2, 0) is 24.2 Å². The van der Waals surface area contributed by atoms with Gasteiger partial charge < -0.3 is 9.30 Å². The fourth-order valence-corrected chi connectivity index (χ4v) is 2.74. The second kappa shape index (κ2) is 6.80. The van der Waals surface area contributed by atoms with Crippen LogP contribution in [-0.4, -0.2) is 43.0 Å². The lowest BCUT2D eigenvalue weighted by atomic mass is 10.0. The molecular weight excluding hydrogens is 268 g/mol. The van der Waals surface area contributed by atoms with Crippen molar-refractivity contribution in [3.8, 4) is 0 Å². The third-order valence-corrected chi connectivity index (χ3v) is 3.97. The molecule has 0 aliphatic carbocycles. The summed E-state index contributed by atoms with van der Waals surface area (Å²) in [5.74, 6) is 2.61. The van der Waals surface area contributed by atoms with Crippen LogP contribution in [0.25, 0.3) is 0 Å². The van der Waals surface area contributed by atoms with Gasteiger partial charge in [0.25, 0.3) is 0 Å². The van der Waals surface area contributed by atoms with Gasteiger partial charge in [-0.25, -0.2) is 9.67 Å². The monoisotopic (exact) mass is 290 g/mol. The highest BCUT2D eigenvalue weighted by atomic mass is 16.5. The summed E-state index contributed by atoms with van der Waals surface area (Å²) in [6.45, 7) is 5.43. The Hall–Kier alpha value is -1.76. The third kappa shape index (κ3) is 3.47. The van der Waals surface area contributed by atoms with E-state index >= 15 is 0 Å². The lowest BCUT2D eigenvalue weighted by Crippen LogP contribution is -2.22. The summed E-state index contributed by atoms with van der Waals surface area (Å²) in [5.41, 5.74) is 0. The molecule has 0 amide bonds. The van der Waals surface area contributed by atoms with Crippen LogP contribution in [0.2, 0.25) is 0 Å². The molecule has 0 spiro atoms. The minimum absolute atomic E-state index is 0.610. The van der Waals surface area contributed by atoms with Gasteiger partial charge in [-0.15, -0.1) is 5.10 Å². The van der Waals surface area contributed by atoms with Crippen LogP contribution in [0.3, 0.4) is 0 Å². The van der Waals surface area contributed by atoms with Crippen molar-refractivity contribution in [1.82, 2.24) is 29.8 Å². The largest absolute Gasteiger partial charge is 0.381 e. The zero-order chi connectivity index (χ0) is 14.5. The topological polar surface area (TPSA) is 70.7 Å². The molecule has 2 aromatic rings. The first-order chi connectivity index (χ1) is 10.4. The minimum atomic E-state index is 0.610. The number of aryl methyl sites for hydroxylation is 1. The Balaban J connectivity index is 1.68. The maximum Gasteiger partial charge on any atom is 0.171 e. The molecule has 0 atom stereocenters. The maximum atomic E-state index is 5.40. The van der Waals surface area contributed by atoms with Gasteiger partial charge in [0, 0.05) is 38.6 Å². The Morgan fingerprint density at radius 2 is 2.14 bits per heavy atom. The Kier molecular flexibility index (Phi) is 4.59. The van der Waals surface area contributed by atoms with Crippen LogP contribution in [0.4, 0.5) is 0 Å². The van der Waals surface area contributed by atoms with Gasteiger partial charge in [0.15, 0.2) is 5.82 Å². The molecule has 7 nitrogen and oxygen atoms in total. The summed E-state index contributed by atoms with van der Waals surface area (Å²) in [6, 6.07) is 0. The maximum absolute atomic E-state index is 5.40. The van der Waals surface area contributed by atoms with E-state index in [1.54, 1.807) is 0 Å². The molecule has 3 heterocycles. The van der Waals surface area contributed by atoms with E-state index in [0.29, 0.717) is 12.5 Å². The molecular formula is C14H22N6O. The van der Waals surface area contributed by atoms with Crippen molar-refractivity contribution < 1.29 is 4.74 Å². The molecule has 21 heavy (non-hydrogen) atoms. The molecule has 2 aromatic heterocycles. The third-order valence-electron chi connectivity index (χ3n) is 3.97. The Labute approximate surface area is 124 Å². The number of hydrogen-bond acceptors (Lipinski definition) is 5. The van der Waals surface area contributed by atoms with E-state index in [1.807, 2.05) is 17.1 Å². The van der Waals surface area contributed by atoms with Gasteiger partial charge in [0.05, 0.1) is 6.54 Å². The molecule has 0 bridgehead atoms. The van der Waals surface area contributed by atoms with Gasteiger partial charge in [0.2, 0.25) is 0 Å². The number of ether oxygens (including phenoxy) is 1. The molecule has 114 valence electrons. The van der Waals surface area contributed by atoms with Gasteiger partial charge in [-0.05, 0) is 35.6 Å². The molecule has 0 N–H and O–H groups in total. The van der Waals surface area contributed by atoms with Crippen LogP contribution in [0.5, 0.6) is 0 Å². The van der Waals surface area contributed by atoms with Gasteiger partial charge in [-0.3, -0.25) is 0 Å². The van der Waals surface area contributed by atoms with Crippen LogP contribution in [0.15, 0.2) is 12.4 Å². The first-order valence-corrected chi connectivity index (χ1v) is 7.69. The predicted molar refractivity (Wildman–Crippen MR) is 76.7 cm³/mol. The van der Waals surface area contributed by atoms with Crippen LogP contribution < -0.4 is 0 Å². The van der Waals surface area contributed by atoms with Gasteiger partial charge in [0.1, 0.15) is 5.82 Å². The molecule has 3 rings (SSSR count). The molecule has 0 saturated carbocycles. The van der Waals surface area contributed by atoms with Gasteiger partial charge in [-0.1, -0.05) is 6.92 Å². The fraction of sp³-hybridized carbons (Fsp3) is 0.714. The lowest BCUT2D eigenvalue weighted by molar-refractivity contribution is 0.0596. The zero-order valence-corrected chi connectivity index (χ0v) is 12.5. The molecule has 1 aliphatic heterocycles. The average molecular weight is 290 g/mol. The molecule has 1 saturated heterocycles. The summed E-state index contributed by atoms with van der Waals surface area (Å²) in [6.07, 6.45) is 8.09. The lowest BCUT2D eigenvalue weighted by Gasteiger charge is -2.22. The number of tetrazole rings is 1. The summed E-state index contributed by atoms with van der Waals surface area (Å²) in [4.78, 5) is 4.40. The van der Waals surface area contributed by atoms with Crippen molar-refractivity contribution in [2.75, 3.05) is 13.2 Å². The first kappa shape index (κ1) is 14.2. The summed E-state index contributed by atoms with van der Waals surface area (Å²) in [5, 5.41) is 12.2. The molecule has 1 aliphatic rings. The number of imidazole rings is 1. The first-order valence-electron chi connectivity index (χ1n) is 7.69. The highest BCUT2D eigenvalue weighted by Gasteiger charge is 2.17. The van der Waals surface area contributed by atoms with E-state index in [1.165, 1.54) is 0 Å². The van der Waals surface area contributed by atoms with Crippen molar-refractivity contribution in [3.63, 3.8) is 0 Å². The van der Waals surface area contributed by atoms with E-state index < -0.39 is 0 Å². The highest BCUT2D eigenvalue weighted by molar-refractivity contribution is 4.96. The number of hydrogen-bond donors (Lipinski definition) is 0. The normalized spacial score (nSPS) is 16.4. The van der Waals surface area contributed by atoms with Crippen molar-refractivity contribution >= 4 is 0 Å². The van der Waals surface area contributed by atoms with Crippen LogP contribution >= 0.6 is 0 Å². The Morgan fingerprint density at radius 3 is 2.95 bits per heavy atom.